The summed E-state index contributed by atoms with van der Waals surface area (Å²) in [7, 11) is 1.65. The first-order valence-electron chi connectivity index (χ1n) is 8.55. The minimum atomic E-state index is -2.85. The zero-order chi connectivity index (χ0) is 18.4. The van der Waals surface area contributed by atoms with Gasteiger partial charge in [-0.25, -0.2) is 0 Å². The first-order chi connectivity index (χ1) is 12.7. The first kappa shape index (κ1) is 18.1. The number of hydrogen-bond donors (Lipinski definition) is 2. The van der Waals surface area contributed by atoms with E-state index in [-0.39, 0.29) is 5.75 Å². The summed E-state index contributed by atoms with van der Waals surface area (Å²) in [6, 6.07) is 6.67. The number of ether oxygens (including phenoxy) is 1. The summed E-state index contributed by atoms with van der Waals surface area (Å²) in [6.45, 7) is -1.13. The molecule has 3 rings (SSSR count). The summed E-state index contributed by atoms with van der Waals surface area (Å²) in [4.78, 5) is 4.15. The quantitative estimate of drug-likeness (QED) is 0.606. The van der Waals surface area contributed by atoms with Gasteiger partial charge in [-0.2, -0.15) is 8.78 Å². The van der Waals surface area contributed by atoms with Crippen LogP contribution in [0.2, 0.25) is 0 Å². The van der Waals surface area contributed by atoms with Gasteiger partial charge in [0.2, 0.25) is 0 Å². The van der Waals surface area contributed by atoms with Gasteiger partial charge >= 0.3 is 6.61 Å². The Labute approximate surface area is 150 Å². The van der Waals surface area contributed by atoms with Crippen molar-refractivity contribution in [1.29, 1.82) is 0 Å². The highest BCUT2D eigenvalue weighted by molar-refractivity contribution is 5.79. The van der Waals surface area contributed by atoms with Crippen molar-refractivity contribution in [3.8, 4) is 5.75 Å². The summed E-state index contributed by atoms with van der Waals surface area (Å²) < 4.78 is 31.6. The molecule has 2 heterocycles. The van der Waals surface area contributed by atoms with Crippen LogP contribution in [0.4, 0.5) is 8.78 Å². The van der Waals surface area contributed by atoms with E-state index in [0.717, 1.165) is 37.5 Å². The molecular weight excluding hydrogens is 342 g/mol. The minimum Gasteiger partial charge on any atom is -0.434 e. The molecule has 0 unspecified atom stereocenters. The number of aryl methyl sites for hydroxylation is 1. The van der Waals surface area contributed by atoms with Crippen LogP contribution in [0, 0.1) is 0 Å². The second kappa shape index (κ2) is 8.59. The molecule has 140 valence electrons. The van der Waals surface area contributed by atoms with E-state index >= 15 is 0 Å². The number of nitrogens with one attached hydrogen (secondary N) is 2. The standard InChI is InChI=1S/C17H22F2N6O/c1-20-17(21-10-12-6-2-3-7-13(12)26-16(18)19)22-11-15-24-23-14-8-4-5-9-25(14)15/h2-3,6-7,16H,4-5,8-11H2,1H3,(H2,20,21,22). The number of benzene rings is 1. The van der Waals surface area contributed by atoms with E-state index < -0.39 is 6.61 Å². The highest BCUT2D eigenvalue weighted by atomic mass is 19.3. The predicted molar refractivity (Wildman–Crippen MR) is 93.1 cm³/mol. The van der Waals surface area contributed by atoms with Crippen molar-refractivity contribution in [1.82, 2.24) is 25.4 Å². The Balaban J connectivity index is 1.57. The molecule has 7 nitrogen and oxygen atoms in total. The summed E-state index contributed by atoms with van der Waals surface area (Å²) >= 11 is 0. The average Bonchev–Trinajstić information content (AvgIpc) is 3.06. The van der Waals surface area contributed by atoms with Gasteiger partial charge in [-0.05, 0) is 18.9 Å². The van der Waals surface area contributed by atoms with Crippen molar-refractivity contribution >= 4 is 5.96 Å². The second-order valence-corrected chi connectivity index (χ2v) is 5.91. The molecule has 1 aromatic heterocycles. The molecule has 0 fully saturated rings. The number of halogens is 2. The van der Waals surface area contributed by atoms with Gasteiger partial charge < -0.3 is 19.9 Å². The maximum Gasteiger partial charge on any atom is 0.387 e. The van der Waals surface area contributed by atoms with Crippen LogP contribution in [0.25, 0.3) is 0 Å². The summed E-state index contributed by atoms with van der Waals surface area (Å²) in [5, 5.41) is 14.7. The first-order valence-corrected chi connectivity index (χ1v) is 8.55. The molecule has 0 atom stereocenters. The van der Waals surface area contributed by atoms with Crippen molar-refractivity contribution < 1.29 is 13.5 Å². The van der Waals surface area contributed by atoms with E-state index in [1.165, 1.54) is 6.07 Å². The average molecular weight is 364 g/mol. The molecule has 0 saturated carbocycles. The van der Waals surface area contributed by atoms with Crippen LogP contribution in [0.3, 0.4) is 0 Å². The topological polar surface area (TPSA) is 76.4 Å². The van der Waals surface area contributed by atoms with Crippen LogP contribution in [0.15, 0.2) is 29.3 Å². The molecule has 0 bridgehead atoms. The molecule has 0 saturated heterocycles. The summed E-state index contributed by atoms with van der Waals surface area (Å²) in [5.41, 5.74) is 0.621. The number of fused-ring (bicyclic) bond motifs is 1. The van der Waals surface area contributed by atoms with Gasteiger partial charge in [-0.15, -0.1) is 10.2 Å². The fourth-order valence-electron chi connectivity index (χ4n) is 2.92. The lowest BCUT2D eigenvalue weighted by atomic mass is 10.2. The smallest absolute Gasteiger partial charge is 0.387 e. The summed E-state index contributed by atoms with van der Waals surface area (Å²) in [6.07, 6.45) is 3.24. The maximum atomic E-state index is 12.5. The monoisotopic (exact) mass is 364 g/mol. The fourth-order valence-corrected chi connectivity index (χ4v) is 2.92. The number of nitrogens with zero attached hydrogens (tertiary/aromatic N) is 4. The normalized spacial score (nSPS) is 14.2. The van der Waals surface area contributed by atoms with Gasteiger partial charge in [-0.3, -0.25) is 4.99 Å². The van der Waals surface area contributed by atoms with Gasteiger partial charge in [0.25, 0.3) is 0 Å². The van der Waals surface area contributed by atoms with E-state index in [1.54, 1.807) is 25.2 Å². The zero-order valence-corrected chi connectivity index (χ0v) is 14.6. The van der Waals surface area contributed by atoms with Gasteiger partial charge in [0.05, 0.1) is 6.54 Å². The van der Waals surface area contributed by atoms with Crippen molar-refractivity contribution in [3.05, 3.63) is 41.5 Å². The molecule has 1 aliphatic heterocycles. The predicted octanol–water partition coefficient (Wildman–Crippen LogP) is 2.08. The molecule has 9 heteroatoms. The molecule has 0 aliphatic carbocycles. The van der Waals surface area contributed by atoms with Crippen molar-refractivity contribution in [2.45, 2.75) is 45.5 Å². The fraction of sp³-hybridized carbons (Fsp3) is 0.471. The van der Waals surface area contributed by atoms with Crippen molar-refractivity contribution in [2.75, 3.05) is 7.05 Å². The van der Waals surface area contributed by atoms with Crippen molar-refractivity contribution in [3.63, 3.8) is 0 Å². The van der Waals surface area contributed by atoms with Gasteiger partial charge in [0, 0.05) is 32.1 Å². The van der Waals surface area contributed by atoms with Gasteiger partial charge in [0.1, 0.15) is 11.6 Å². The molecule has 0 radical (unpaired) electrons. The molecule has 1 aliphatic rings. The number of para-hydroxylation sites is 1. The van der Waals surface area contributed by atoms with Crippen LogP contribution in [0.5, 0.6) is 5.75 Å². The lowest BCUT2D eigenvalue weighted by Crippen LogP contribution is -2.37. The largest absolute Gasteiger partial charge is 0.434 e. The molecule has 0 spiro atoms. The third-order valence-electron chi connectivity index (χ3n) is 4.21. The SMILES string of the molecule is CN=C(NCc1ccccc1OC(F)F)NCc1nnc2n1CCCC2. The van der Waals surface area contributed by atoms with Crippen LogP contribution in [-0.4, -0.2) is 34.4 Å². The number of rotatable bonds is 6. The van der Waals surface area contributed by atoms with E-state index in [9.17, 15) is 8.78 Å². The number of aromatic nitrogens is 3. The number of guanidine groups is 1. The number of aliphatic imine (C=N–C) groups is 1. The molecule has 1 aromatic carbocycles. The molecular formula is C17H22F2N6O. The molecule has 2 N–H and O–H groups in total. The second-order valence-electron chi connectivity index (χ2n) is 5.91. The third kappa shape index (κ3) is 4.47. The molecule has 0 amide bonds. The van der Waals surface area contributed by atoms with Crippen LogP contribution in [0.1, 0.15) is 30.1 Å². The van der Waals surface area contributed by atoms with Crippen molar-refractivity contribution in [2.24, 2.45) is 4.99 Å². The summed E-state index contributed by atoms with van der Waals surface area (Å²) in [5.74, 6) is 2.58. The van der Waals surface area contributed by atoms with E-state index in [1.807, 2.05) is 0 Å². The lowest BCUT2D eigenvalue weighted by Gasteiger charge is -2.16. The maximum absolute atomic E-state index is 12.5. The zero-order valence-electron chi connectivity index (χ0n) is 14.6. The highest BCUT2D eigenvalue weighted by Crippen LogP contribution is 2.20. The van der Waals surface area contributed by atoms with Crippen LogP contribution >= 0.6 is 0 Å². The minimum absolute atomic E-state index is 0.150. The Morgan fingerprint density at radius 3 is 2.85 bits per heavy atom. The van der Waals surface area contributed by atoms with E-state index in [2.05, 4.69) is 35.1 Å². The Bertz CT molecular complexity index is 761. The Hall–Kier alpha value is -2.71. The molecule has 26 heavy (non-hydrogen) atoms. The number of hydrogen-bond acceptors (Lipinski definition) is 4. The lowest BCUT2D eigenvalue weighted by molar-refractivity contribution is -0.0504. The van der Waals surface area contributed by atoms with Gasteiger partial charge in [0.15, 0.2) is 11.8 Å². The Morgan fingerprint density at radius 2 is 2.04 bits per heavy atom. The number of alkyl halides is 2. The van der Waals surface area contributed by atoms with E-state index in [0.29, 0.717) is 24.6 Å². The van der Waals surface area contributed by atoms with Gasteiger partial charge in [-0.1, -0.05) is 18.2 Å². The highest BCUT2D eigenvalue weighted by Gasteiger charge is 2.16. The Kier molecular flexibility index (Phi) is 5.98. The Morgan fingerprint density at radius 1 is 1.23 bits per heavy atom. The molecule has 2 aromatic rings. The van der Waals surface area contributed by atoms with E-state index in [4.69, 9.17) is 0 Å². The van der Waals surface area contributed by atoms with Crippen LogP contribution in [-0.2, 0) is 26.1 Å². The third-order valence-corrected chi connectivity index (χ3v) is 4.21. The van der Waals surface area contributed by atoms with Crippen LogP contribution < -0.4 is 15.4 Å².